The summed E-state index contributed by atoms with van der Waals surface area (Å²) in [7, 11) is 0. The summed E-state index contributed by atoms with van der Waals surface area (Å²) in [5.41, 5.74) is 2.35. The van der Waals surface area contributed by atoms with Crippen LogP contribution in [0.15, 0.2) is 88.1 Å². The van der Waals surface area contributed by atoms with E-state index in [1.54, 1.807) is 42.5 Å². The number of ketones is 1. The molecule has 0 aliphatic rings. The quantitative estimate of drug-likeness (QED) is 0.544. The summed E-state index contributed by atoms with van der Waals surface area (Å²) >= 11 is 0. The number of carbonyl (C=O) groups is 1. The molecular formula is C22H16N2O3. The molecule has 3 aromatic carbocycles. The third-order valence-corrected chi connectivity index (χ3v) is 4.22. The largest absolute Gasteiger partial charge is 0.403 e. The highest BCUT2D eigenvalue weighted by molar-refractivity contribution is 5.98. The molecule has 0 aliphatic carbocycles. The average molecular weight is 356 g/mol. The smallest absolute Gasteiger partial charge is 0.347 e. The van der Waals surface area contributed by atoms with Crippen LogP contribution in [0.2, 0.25) is 0 Å². The number of nitrogens with one attached hydrogen (secondary N) is 1. The van der Waals surface area contributed by atoms with Gasteiger partial charge < -0.3 is 9.73 Å². The van der Waals surface area contributed by atoms with E-state index in [9.17, 15) is 9.59 Å². The Balaban J connectivity index is 1.51. The van der Waals surface area contributed by atoms with Crippen molar-refractivity contribution in [3.63, 3.8) is 0 Å². The number of Topliss-reactive ketones (excluding diaryl/α,β-unsaturated/α-hetero) is 1. The van der Waals surface area contributed by atoms with Gasteiger partial charge in [0.25, 0.3) is 0 Å². The predicted molar refractivity (Wildman–Crippen MR) is 105 cm³/mol. The van der Waals surface area contributed by atoms with Crippen molar-refractivity contribution >= 4 is 22.4 Å². The van der Waals surface area contributed by atoms with Gasteiger partial charge in [-0.05, 0) is 36.4 Å². The molecule has 132 valence electrons. The second-order valence-electron chi connectivity index (χ2n) is 6.04. The molecule has 0 spiro atoms. The Bertz CT molecular complexity index is 1150. The maximum absolute atomic E-state index is 12.1. The van der Waals surface area contributed by atoms with Crippen LogP contribution in [0.4, 0.5) is 5.69 Å². The number of hydrogen-bond donors (Lipinski definition) is 1. The van der Waals surface area contributed by atoms with Crippen LogP contribution in [-0.4, -0.2) is 17.3 Å². The number of hydrogen-bond acceptors (Lipinski definition) is 5. The van der Waals surface area contributed by atoms with Crippen molar-refractivity contribution in [3.05, 3.63) is 94.8 Å². The Morgan fingerprint density at radius 1 is 0.889 bits per heavy atom. The van der Waals surface area contributed by atoms with Crippen LogP contribution in [0.5, 0.6) is 0 Å². The van der Waals surface area contributed by atoms with Gasteiger partial charge in [-0.3, -0.25) is 4.79 Å². The van der Waals surface area contributed by atoms with Gasteiger partial charge in [0.05, 0.1) is 17.4 Å². The lowest BCUT2D eigenvalue weighted by molar-refractivity contribution is 0.101. The lowest BCUT2D eigenvalue weighted by Gasteiger charge is -2.07. The fourth-order valence-electron chi connectivity index (χ4n) is 2.78. The number of benzene rings is 3. The molecule has 0 bridgehead atoms. The van der Waals surface area contributed by atoms with Crippen molar-refractivity contribution in [2.24, 2.45) is 0 Å². The minimum Gasteiger partial charge on any atom is -0.403 e. The summed E-state index contributed by atoms with van der Waals surface area (Å²) < 4.78 is 5.33. The van der Waals surface area contributed by atoms with Crippen molar-refractivity contribution in [2.75, 3.05) is 11.9 Å². The van der Waals surface area contributed by atoms with Gasteiger partial charge in [-0.1, -0.05) is 42.5 Å². The van der Waals surface area contributed by atoms with Crippen molar-refractivity contribution in [2.45, 2.75) is 0 Å². The topological polar surface area (TPSA) is 72.2 Å². The molecule has 0 amide bonds. The first kappa shape index (κ1) is 16.7. The molecule has 5 nitrogen and oxygen atoms in total. The van der Waals surface area contributed by atoms with Gasteiger partial charge in [0.15, 0.2) is 5.78 Å². The molecule has 0 radical (unpaired) electrons. The van der Waals surface area contributed by atoms with E-state index in [0.29, 0.717) is 22.0 Å². The molecule has 5 heteroatoms. The molecule has 0 fully saturated rings. The van der Waals surface area contributed by atoms with Gasteiger partial charge >= 0.3 is 5.63 Å². The zero-order valence-corrected chi connectivity index (χ0v) is 14.4. The Morgan fingerprint density at radius 3 is 2.37 bits per heavy atom. The summed E-state index contributed by atoms with van der Waals surface area (Å²) in [5, 5.41) is 3.56. The van der Waals surface area contributed by atoms with Crippen LogP contribution in [0, 0.1) is 0 Å². The normalized spacial score (nSPS) is 10.7. The van der Waals surface area contributed by atoms with E-state index in [-0.39, 0.29) is 18.2 Å². The molecule has 1 N–H and O–H groups in total. The molecule has 0 atom stereocenters. The van der Waals surface area contributed by atoms with E-state index in [0.717, 1.165) is 5.69 Å². The first-order valence-electron chi connectivity index (χ1n) is 8.53. The van der Waals surface area contributed by atoms with Crippen LogP contribution in [0.25, 0.3) is 22.4 Å². The van der Waals surface area contributed by atoms with Crippen LogP contribution < -0.4 is 10.9 Å². The summed E-state index contributed by atoms with van der Waals surface area (Å²) in [4.78, 5) is 28.7. The number of fused-ring (bicyclic) bond motifs is 1. The van der Waals surface area contributed by atoms with Gasteiger partial charge in [0.2, 0.25) is 5.89 Å². The number of carbonyl (C=O) groups excluding carboxylic acids is 1. The molecular weight excluding hydrogens is 340 g/mol. The fourth-order valence-corrected chi connectivity index (χ4v) is 2.78. The molecule has 0 unspecified atom stereocenters. The zero-order chi connectivity index (χ0) is 18.6. The van der Waals surface area contributed by atoms with Gasteiger partial charge in [0.1, 0.15) is 0 Å². The highest BCUT2D eigenvalue weighted by Gasteiger charge is 2.09. The lowest BCUT2D eigenvalue weighted by atomic mass is 10.1. The van der Waals surface area contributed by atoms with Crippen molar-refractivity contribution in [1.82, 2.24) is 4.98 Å². The van der Waals surface area contributed by atoms with E-state index < -0.39 is 5.63 Å². The first-order chi connectivity index (χ1) is 13.2. The molecule has 0 saturated heterocycles. The second kappa shape index (κ2) is 7.25. The molecule has 0 saturated carbocycles. The Morgan fingerprint density at radius 2 is 1.59 bits per heavy atom. The molecule has 4 rings (SSSR count). The van der Waals surface area contributed by atoms with Crippen LogP contribution in [0.3, 0.4) is 0 Å². The number of aromatic nitrogens is 1. The van der Waals surface area contributed by atoms with Crippen molar-refractivity contribution < 1.29 is 9.21 Å². The highest BCUT2D eigenvalue weighted by Crippen LogP contribution is 2.20. The standard InChI is InChI=1S/C22H16N2O3/c25-20(15-6-2-1-3-7-15)14-23-17-12-10-16(11-13-17)21-24-19-9-5-4-8-18(19)22(26)27-21/h1-13,23H,14H2. The van der Waals surface area contributed by atoms with E-state index in [2.05, 4.69) is 10.3 Å². The minimum absolute atomic E-state index is 0.0156. The van der Waals surface area contributed by atoms with E-state index in [4.69, 9.17) is 4.42 Å². The van der Waals surface area contributed by atoms with Crippen LogP contribution in [0.1, 0.15) is 10.4 Å². The molecule has 4 aromatic rings. The second-order valence-corrected chi connectivity index (χ2v) is 6.04. The van der Waals surface area contributed by atoms with Crippen LogP contribution >= 0.6 is 0 Å². The predicted octanol–water partition coefficient (Wildman–Crippen LogP) is 4.15. The Hall–Kier alpha value is -3.73. The van der Waals surface area contributed by atoms with Gasteiger partial charge in [-0.15, -0.1) is 0 Å². The Labute approximate surface area is 155 Å². The number of anilines is 1. The van der Waals surface area contributed by atoms with Gasteiger partial charge in [-0.25, -0.2) is 9.78 Å². The average Bonchev–Trinajstić information content (AvgIpc) is 2.73. The maximum atomic E-state index is 12.1. The van der Waals surface area contributed by atoms with Gasteiger partial charge in [-0.2, -0.15) is 0 Å². The number of para-hydroxylation sites is 1. The lowest BCUT2D eigenvalue weighted by Crippen LogP contribution is -2.13. The molecule has 27 heavy (non-hydrogen) atoms. The van der Waals surface area contributed by atoms with E-state index in [1.807, 2.05) is 36.4 Å². The molecule has 1 aromatic heterocycles. The minimum atomic E-state index is -0.411. The Kier molecular flexibility index (Phi) is 4.49. The monoisotopic (exact) mass is 356 g/mol. The third-order valence-electron chi connectivity index (χ3n) is 4.22. The molecule has 1 heterocycles. The van der Waals surface area contributed by atoms with Crippen LogP contribution in [-0.2, 0) is 0 Å². The first-order valence-corrected chi connectivity index (χ1v) is 8.53. The maximum Gasteiger partial charge on any atom is 0.347 e. The van der Waals surface area contributed by atoms with E-state index in [1.165, 1.54) is 0 Å². The van der Waals surface area contributed by atoms with Crippen molar-refractivity contribution in [3.8, 4) is 11.5 Å². The summed E-state index contributed by atoms with van der Waals surface area (Å²) in [5.74, 6) is 0.285. The zero-order valence-electron chi connectivity index (χ0n) is 14.4. The number of nitrogens with zero attached hydrogens (tertiary/aromatic N) is 1. The summed E-state index contributed by atoms with van der Waals surface area (Å²) in [6.07, 6.45) is 0. The van der Waals surface area contributed by atoms with Gasteiger partial charge in [0, 0.05) is 16.8 Å². The number of rotatable bonds is 5. The third kappa shape index (κ3) is 3.62. The SMILES string of the molecule is O=C(CNc1ccc(-c2nc3ccccc3c(=O)o2)cc1)c1ccccc1. The van der Waals surface area contributed by atoms with Crippen molar-refractivity contribution in [1.29, 1.82) is 0 Å². The van der Waals surface area contributed by atoms with E-state index >= 15 is 0 Å². The fraction of sp³-hybridized carbons (Fsp3) is 0.0455. The summed E-state index contributed by atoms with van der Waals surface area (Å²) in [6.45, 7) is 0.201. The highest BCUT2D eigenvalue weighted by atomic mass is 16.4. The molecule has 0 aliphatic heterocycles. The summed E-state index contributed by atoms with van der Waals surface area (Å²) in [6, 6.07) is 23.5.